The molecule has 1 fully saturated rings. The van der Waals surface area contributed by atoms with Gasteiger partial charge in [-0.25, -0.2) is 9.97 Å². The van der Waals surface area contributed by atoms with Gasteiger partial charge in [0.2, 0.25) is 11.8 Å². The number of hydrogen-bond acceptors (Lipinski definition) is 7. The van der Waals surface area contributed by atoms with Gasteiger partial charge in [-0.1, -0.05) is 0 Å². The summed E-state index contributed by atoms with van der Waals surface area (Å²) in [4.78, 5) is 34.3. The van der Waals surface area contributed by atoms with Crippen molar-refractivity contribution in [1.82, 2.24) is 20.2 Å². The molecule has 3 aromatic rings. The average Bonchev–Trinajstić information content (AvgIpc) is 3.49. The zero-order valence-electron chi connectivity index (χ0n) is 20.0. The Balaban J connectivity index is 1.66. The molecule has 0 saturated carbocycles. The number of aromatic nitrogens is 2. The van der Waals surface area contributed by atoms with Gasteiger partial charge in [0.05, 0.1) is 13.2 Å². The van der Waals surface area contributed by atoms with Crippen LogP contribution in [0.2, 0.25) is 0 Å². The zero-order valence-corrected chi connectivity index (χ0v) is 20.0. The fourth-order valence-electron chi connectivity index (χ4n) is 4.23. The fourth-order valence-corrected chi connectivity index (χ4v) is 4.23. The van der Waals surface area contributed by atoms with Gasteiger partial charge in [-0.05, 0) is 43.5 Å². The summed E-state index contributed by atoms with van der Waals surface area (Å²) < 4.78 is 50.8. The summed E-state index contributed by atoms with van der Waals surface area (Å²) in [6.45, 7) is 4.69. The van der Waals surface area contributed by atoms with Gasteiger partial charge in [0.15, 0.2) is 11.5 Å². The summed E-state index contributed by atoms with van der Waals surface area (Å²) in [7, 11) is 1.33. The molecule has 9 nitrogen and oxygen atoms in total. The summed E-state index contributed by atoms with van der Waals surface area (Å²) in [6, 6.07) is 4.48. The molecule has 0 aliphatic carbocycles. The minimum atomic E-state index is -4.63. The SMILES string of the molecule is COc1ccc(-c2nc(C(=O)NCC3CCN(C(C)=O)C3)c([C@H](C)N)o2)c2ccc(C(F)(F)F)nc12. The quantitative estimate of drug-likeness (QED) is 0.525. The highest BCUT2D eigenvalue weighted by molar-refractivity contribution is 5.98. The number of alkyl halides is 3. The molecule has 12 heteroatoms. The summed E-state index contributed by atoms with van der Waals surface area (Å²) in [5.74, 6) is -0.0783. The number of methoxy groups -OCH3 is 1. The van der Waals surface area contributed by atoms with Crippen molar-refractivity contribution in [2.75, 3.05) is 26.7 Å². The molecule has 1 unspecified atom stereocenters. The number of benzene rings is 1. The highest BCUT2D eigenvalue weighted by Crippen LogP contribution is 2.37. The molecule has 1 saturated heterocycles. The normalized spacial score (nSPS) is 16.9. The first kappa shape index (κ1) is 25.4. The summed E-state index contributed by atoms with van der Waals surface area (Å²) in [5.41, 5.74) is 5.26. The molecule has 0 radical (unpaired) electrons. The molecule has 3 heterocycles. The Morgan fingerprint density at radius 3 is 2.64 bits per heavy atom. The minimum Gasteiger partial charge on any atom is -0.494 e. The molecule has 2 amide bonds. The summed E-state index contributed by atoms with van der Waals surface area (Å²) in [6.07, 6.45) is -3.86. The van der Waals surface area contributed by atoms with Crippen molar-refractivity contribution in [2.24, 2.45) is 11.7 Å². The lowest BCUT2D eigenvalue weighted by molar-refractivity contribution is -0.141. The van der Waals surface area contributed by atoms with Gasteiger partial charge in [0.25, 0.3) is 5.91 Å². The van der Waals surface area contributed by atoms with Gasteiger partial charge in [-0.15, -0.1) is 0 Å². The molecule has 1 aromatic carbocycles. The van der Waals surface area contributed by atoms with E-state index in [1.165, 1.54) is 26.2 Å². The number of likely N-dealkylation sites (tertiary alicyclic amines) is 1. The van der Waals surface area contributed by atoms with E-state index in [4.69, 9.17) is 14.9 Å². The number of nitrogens with two attached hydrogens (primary N) is 1. The number of halogens is 3. The van der Waals surface area contributed by atoms with Crippen LogP contribution in [0.25, 0.3) is 22.4 Å². The second-order valence-electron chi connectivity index (χ2n) is 8.76. The van der Waals surface area contributed by atoms with E-state index in [-0.39, 0.29) is 40.4 Å². The number of pyridine rings is 1. The first-order chi connectivity index (χ1) is 17.0. The van der Waals surface area contributed by atoms with Gasteiger partial charge in [-0.2, -0.15) is 13.2 Å². The number of carbonyl (C=O) groups is 2. The van der Waals surface area contributed by atoms with Crippen molar-refractivity contribution < 1.29 is 31.9 Å². The van der Waals surface area contributed by atoms with Crippen LogP contribution in [-0.2, 0) is 11.0 Å². The van der Waals surface area contributed by atoms with Crippen molar-refractivity contribution in [3.63, 3.8) is 0 Å². The smallest absolute Gasteiger partial charge is 0.433 e. The predicted octanol–water partition coefficient (Wildman–Crippen LogP) is 3.54. The third kappa shape index (κ3) is 4.99. The molecule has 0 spiro atoms. The van der Waals surface area contributed by atoms with Gasteiger partial charge in [0, 0.05) is 37.5 Å². The van der Waals surface area contributed by atoms with Gasteiger partial charge in [-0.3, -0.25) is 9.59 Å². The van der Waals surface area contributed by atoms with Gasteiger partial charge in [0.1, 0.15) is 17.0 Å². The van der Waals surface area contributed by atoms with Crippen molar-refractivity contribution in [3.05, 3.63) is 41.4 Å². The van der Waals surface area contributed by atoms with Crippen LogP contribution >= 0.6 is 0 Å². The Morgan fingerprint density at radius 2 is 2.03 bits per heavy atom. The van der Waals surface area contributed by atoms with Crippen LogP contribution in [0.1, 0.15) is 48.3 Å². The monoisotopic (exact) mass is 505 g/mol. The Labute approximate surface area is 204 Å². The maximum atomic E-state index is 13.2. The fraction of sp³-hybridized carbons (Fsp3) is 0.417. The van der Waals surface area contributed by atoms with E-state index in [0.29, 0.717) is 30.6 Å². The predicted molar refractivity (Wildman–Crippen MR) is 124 cm³/mol. The summed E-state index contributed by atoms with van der Waals surface area (Å²) in [5, 5.41) is 3.14. The van der Waals surface area contributed by atoms with Crippen LogP contribution in [-0.4, -0.2) is 53.4 Å². The second-order valence-corrected chi connectivity index (χ2v) is 8.76. The molecule has 2 atom stereocenters. The number of nitrogens with zero attached hydrogens (tertiary/aromatic N) is 3. The number of amides is 2. The highest BCUT2D eigenvalue weighted by Gasteiger charge is 2.33. The summed E-state index contributed by atoms with van der Waals surface area (Å²) >= 11 is 0. The van der Waals surface area contributed by atoms with Crippen LogP contribution in [0.4, 0.5) is 13.2 Å². The minimum absolute atomic E-state index is 0.00669. The van der Waals surface area contributed by atoms with Crippen LogP contribution in [0.15, 0.2) is 28.7 Å². The lowest BCUT2D eigenvalue weighted by Gasteiger charge is -2.14. The first-order valence-electron chi connectivity index (χ1n) is 11.3. The van der Waals surface area contributed by atoms with Gasteiger partial charge < -0.3 is 25.1 Å². The molecule has 192 valence electrons. The van der Waals surface area contributed by atoms with E-state index in [9.17, 15) is 22.8 Å². The zero-order chi connectivity index (χ0) is 26.2. The van der Waals surface area contributed by atoms with Crippen LogP contribution in [0.3, 0.4) is 0 Å². The average molecular weight is 505 g/mol. The van der Waals surface area contributed by atoms with Crippen molar-refractivity contribution in [1.29, 1.82) is 0 Å². The number of hydrogen-bond donors (Lipinski definition) is 2. The van der Waals surface area contributed by atoms with E-state index in [0.717, 1.165) is 12.5 Å². The molecule has 36 heavy (non-hydrogen) atoms. The standard InChI is InChI=1S/C24H26F3N5O4/c1-12(28)21-20(22(34)29-10-14-8-9-32(11-14)13(2)33)31-23(36-21)16-4-6-17(35-3)19-15(16)5-7-18(30-19)24(25,26)27/h4-7,12,14H,8-11,28H2,1-3H3,(H,29,34)/t12-,14?/m0/s1. The molecule has 1 aliphatic heterocycles. The molecule has 3 N–H and O–H groups in total. The third-order valence-electron chi connectivity index (χ3n) is 6.13. The first-order valence-corrected chi connectivity index (χ1v) is 11.3. The third-order valence-corrected chi connectivity index (χ3v) is 6.13. The number of ether oxygens (including phenoxy) is 1. The Bertz CT molecular complexity index is 1300. The molecular formula is C24H26F3N5O4. The molecule has 4 rings (SSSR count). The topological polar surface area (TPSA) is 124 Å². The van der Waals surface area contributed by atoms with Crippen LogP contribution in [0, 0.1) is 5.92 Å². The number of carbonyl (C=O) groups excluding carboxylic acids is 2. The molecule has 0 bridgehead atoms. The number of nitrogens with one attached hydrogen (secondary N) is 1. The molecule has 1 aliphatic rings. The van der Waals surface area contributed by atoms with Crippen LogP contribution in [0.5, 0.6) is 5.75 Å². The lowest BCUT2D eigenvalue weighted by Crippen LogP contribution is -2.33. The Hall–Kier alpha value is -3.67. The number of rotatable bonds is 6. The highest BCUT2D eigenvalue weighted by atomic mass is 19.4. The molecule has 2 aromatic heterocycles. The van der Waals surface area contributed by atoms with E-state index < -0.39 is 23.8 Å². The van der Waals surface area contributed by atoms with E-state index >= 15 is 0 Å². The van der Waals surface area contributed by atoms with Crippen molar-refractivity contribution >= 4 is 22.7 Å². The van der Waals surface area contributed by atoms with E-state index in [1.54, 1.807) is 17.9 Å². The van der Waals surface area contributed by atoms with Crippen molar-refractivity contribution in [3.8, 4) is 17.2 Å². The largest absolute Gasteiger partial charge is 0.494 e. The second kappa shape index (κ2) is 9.76. The number of fused-ring (bicyclic) bond motifs is 1. The molecular weight excluding hydrogens is 479 g/mol. The lowest BCUT2D eigenvalue weighted by atomic mass is 10.1. The van der Waals surface area contributed by atoms with Crippen molar-refractivity contribution in [2.45, 2.75) is 32.5 Å². The Morgan fingerprint density at radius 1 is 1.28 bits per heavy atom. The van der Waals surface area contributed by atoms with Crippen LogP contribution < -0.4 is 15.8 Å². The maximum absolute atomic E-state index is 13.2. The Kier molecular flexibility index (Phi) is 6.90. The van der Waals surface area contributed by atoms with E-state index in [2.05, 4.69) is 15.3 Å². The van der Waals surface area contributed by atoms with E-state index in [1.807, 2.05) is 0 Å². The number of oxazole rings is 1. The van der Waals surface area contributed by atoms with Gasteiger partial charge >= 0.3 is 6.18 Å². The maximum Gasteiger partial charge on any atom is 0.433 e.